The number of aryl methyl sites for hydroxylation is 1. The molecule has 0 unspecified atom stereocenters. The first-order valence-electron chi connectivity index (χ1n) is 6.26. The van der Waals surface area contributed by atoms with Gasteiger partial charge >= 0.3 is 6.01 Å². The Labute approximate surface area is 128 Å². The van der Waals surface area contributed by atoms with Crippen molar-refractivity contribution in [2.75, 3.05) is 6.54 Å². The lowest BCUT2D eigenvalue weighted by molar-refractivity contribution is 0.439. The van der Waals surface area contributed by atoms with Gasteiger partial charge in [0.1, 0.15) is 5.75 Å². The maximum atomic E-state index is 5.93. The lowest BCUT2D eigenvalue weighted by Gasteiger charge is -2.08. The predicted molar refractivity (Wildman–Crippen MR) is 80.7 cm³/mol. The second-order valence-electron chi connectivity index (χ2n) is 4.22. The summed E-state index contributed by atoms with van der Waals surface area (Å²) >= 11 is 11.8. The predicted octanol–water partition coefficient (Wildman–Crippen LogP) is 3.99. The summed E-state index contributed by atoms with van der Waals surface area (Å²) in [6.07, 6.45) is 1.76. The smallest absolute Gasteiger partial charge is 0.322 e. The molecule has 0 amide bonds. The van der Waals surface area contributed by atoms with E-state index < -0.39 is 0 Å². The fourth-order valence-electron chi connectivity index (χ4n) is 1.60. The number of benzene rings is 1. The summed E-state index contributed by atoms with van der Waals surface area (Å²) < 4.78 is 5.57. The minimum atomic E-state index is 0.293. The van der Waals surface area contributed by atoms with Crippen LogP contribution in [0.15, 0.2) is 24.4 Å². The Morgan fingerprint density at radius 2 is 2.05 bits per heavy atom. The number of aromatic nitrogens is 2. The fraction of sp³-hybridized carbons (Fsp3) is 0.286. The van der Waals surface area contributed by atoms with Crippen LogP contribution in [0.4, 0.5) is 0 Å². The quantitative estimate of drug-likeness (QED) is 0.906. The minimum Gasteiger partial charge on any atom is -0.424 e. The average molecular weight is 312 g/mol. The van der Waals surface area contributed by atoms with Gasteiger partial charge in [-0.1, -0.05) is 30.1 Å². The van der Waals surface area contributed by atoms with Crippen LogP contribution in [0.1, 0.15) is 18.2 Å². The van der Waals surface area contributed by atoms with Crippen molar-refractivity contribution in [3.05, 3.63) is 45.7 Å². The molecule has 1 heterocycles. The van der Waals surface area contributed by atoms with Crippen molar-refractivity contribution in [2.24, 2.45) is 0 Å². The van der Waals surface area contributed by atoms with E-state index in [4.69, 9.17) is 27.9 Å². The summed E-state index contributed by atoms with van der Waals surface area (Å²) in [4.78, 5) is 8.51. The zero-order chi connectivity index (χ0) is 14.5. The van der Waals surface area contributed by atoms with E-state index in [1.807, 2.05) is 6.92 Å². The molecule has 0 spiro atoms. The molecule has 4 nitrogen and oxygen atoms in total. The van der Waals surface area contributed by atoms with Gasteiger partial charge in [-0.15, -0.1) is 0 Å². The number of halogens is 2. The molecule has 0 aliphatic rings. The molecule has 0 radical (unpaired) electrons. The molecule has 0 saturated carbocycles. The molecule has 2 aromatic rings. The molecule has 0 aliphatic carbocycles. The Morgan fingerprint density at radius 1 is 1.25 bits per heavy atom. The van der Waals surface area contributed by atoms with Crippen molar-refractivity contribution in [3.63, 3.8) is 0 Å². The lowest BCUT2D eigenvalue weighted by Crippen LogP contribution is -2.13. The van der Waals surface area contributed by atoms with Gasteiger partial charge < -0.3 is 10.1 Å². The largest absolute Gasteiger partial charge is 0.424 e. The summed E-state index contributed by atoms with van der Waals surface area (Å²) in [7, 11) is 0. The molecule has 106 valence electrons. The van der Waals surface area contributed by atoms with E-state index in [0.29, 0.717) is 21.8 Å². The van der Waals surface area contributed by atoms with E-state index in [1.165, 1.54) is 0 Å². The maximum Gasteiger partial charge on any atom is 0.322 e. The van der Waals surface area contributed by atoms with E-state index in [9.17, 15) is 0 Å². The van der Waals surface area contributed by atoms with Crippen LogP contribution in [0.3, 0.4) is 0 Å². The topological polar surface area (TPSA) is 47.0 Å². The summed E-state index contributed by atoms with van der Waals surface area (Å²) in [6.45, 7) is 5.63. The second kappa shape index (κ2) is 6.88. The number of rotatable bonds is 5. The highest BCUT2D eigenvalue weighted by molar-refractivity contribution is 6.42. The summed E-state index contributed by atoms with van der Waals surface area (Å²) in [5, 5.41) is 4.15. The monoisotopic (exact) mass is 311 g/mol. The molecule has 0 atom stereocenters. The van der Waals surface area contributed by atoms with E-state index in [0.717, 1.165) is 24.3 Å². The molecule has 1 aromatic carbocycles. The Balaban J connectivity index is 2.13. The molecule has 0 fully saturated rings. The van der Waals surface area contributed by atoms with Crippen molar-refractivity contribution in [3.8, 4) is 11.8 Å². The van der Waals surface area contributed by atoms with Gasteiger partial charge in [-0.2, -0.15) is 4.98 Å². The molecule has 20 heavy (non-hydrogen) atoms. The van der Waals surface area contributed by atoms with Crippen LogP contribution in [0.25, 0.3) is 0 Å². The van der Waals surface area contributed by atoms with Gasteiger partial charge in [-0.05, 0) is 25.6 Å². The number of hydrogen-bond donors (Lipinski definition) is 1. The first-order valence-corrected chi connectivity index (χ1v) is 7.02. The van der Waals surface area contributed by atoms with Crippen LogP contribution in [-0.4, -0.2) is 16.5 Å². The second-order valence-corrected chi connectivity index (χ2v) is 5.04. The van der Waals surface area contributed by atoms with Crippen molar-refractivity contribution in [2.45, 2.75) is 20.4 Å². The minimum absolute atomic E-state index is 0.293. The zero-order valence-electron chi connectivity index (χ0n) is 11.3. The van der Waals surface area contributed by atoms with Gasteiger partial charge in [0.2, 0.25) is 0 Å². The molecule has 2 rings (SSSR count). The highest BCUT2D eigenvalue weighted by Gasteiger charge is 2.06. The first kappa shape index (κ1) is 15.0. The third-order valence-corrected chi connectivity index (χ3v) is 3.46. The number of nitrogens with one attached hydrogen (secondary N) is 1. The van der Waals surface area contributed by atoms with Gasteiger partial charge in [-0.25, -0.2) is 4.98 Å². The molecule has 6 heteroatoms. The Morgan fingerprint density at radius 3 is 2.70 bits per heavy atom. The molecular weight excluding hydrogens is 297 g/mol. The van der Waals surface area contributed by atoms with Gasteiger partial charge in [0.25, 0.3) is 0 Å². The van der Waals surface area contributed by atoms with Gasteiger partial charge in [0.15, 0.2) is 0 Å². The van der Waals surface area contributed by atoms with Crippen LogP contribution < -0.4 is 10.1 Å². The van der Waals surface area contributed by atoms with Crippen LogP contribution in [0, 0.1) is 6.92 Å². The van der Waals surface area contributed by atoms with Crippen LogP contribution in [-0.2, 0) is 6.54 Å². The highest BCUT2D eigenvalue weighted by atomic mass is 35.5. The van der Waals surface area contributed by atoms with Crippen LogP contribution >= 0.6 is 23.2 Å². The molecular formula is C14H15Cl2N3O. The molecule has 0 bridgehead atoms. The Hall–Kier alpha value is -1.36. The molecule has 1 N–H and O–H groups in total. The van der Waals surface area contributed by atoms with Crippen molar-refractivity contribution >= 4 is 23.2 Å². The molecule has 0 aliphatic heterocycles. The first-order chi connectivity index (χ1) is 9.60. The third kappa shape index (κ3) is 3.82. The number of nitrogens with zero attached hydrogens (tertiary/aromatic N) is 2. The zero-order valence-corrected chi connectivity index (χ0v) is 12.8. The van der Waals surface area contributed by atoms with Gasteiger partial charge in [0.05, 0.1) is 10.0 Å². The Kier molecular flexibility index (Phi) is 5.17. The van der Waals surface area contributed by atoms with Crippen molar-refractivity contribution in [1.82, 2.24) is 15.3 Å². The van der Waals surface area contributed by atoms with E-state index >= 15 is 0 Å². The number of ether oxygens (including phenoxy) is 1. The standard InChI is InChI=1S/C14H15Cl2N3O/c1-3-17-7-10-8-18-14(19-9(10)2)20-11-4-5-12(15)13(16)6-11/h4-6,8,17H,3,7H2,1-2H3. The highest BCUT2D eigenvalue weighted by Crippen LogP contribution is 2.28. The fourth-order valence-corrected chi connectivity index (χ4v) is 1.89. The molecule has 1 aromatic heterocycles. The van der Waals surface area contributed by atoms with Crippen molar-refractivity contribution < 1.29 is 4.74 Å². The normalized spacial score (nSPS) is 10.6. The Bertz CT molecular complexity index is 605. The SMILES string of the molecule is CCNCc1cnc(Oc2ccc(Cl)c(Cl)c2)nc1C. The average Bonchev–Trinajstić information content (AvgIpc) is 2.42. The van der Waals surface area contributed by atoms with Gasteiger partial charge in [0, 0.05) is 30.1 Å². The third-order valence-electron chi connectivity index (χ3n) is 2.72. The summed E-state index contributed by atoms with van der Waals surface area (Å²) in [5.74, 6) is 0.554. The van der Waals surface area contributed by atoms with Gasteiger partial charge in [-0.3, -0.25) is 0 Å². The molecule has 0 saturated heterocycles. The lowest BCUT2D eigenvalue weighted by atomic mass is 10.2. The van der Waals surface area contributed by atoms with Crippen LogP contribution in [0.2, 0.25) is 10.0 Å². The number of hydrogen-bond acceptors (Lipinski definition) is 4. The van der Waals surface area contributed by atoms with Crippen LogP contribution in [0.5, 0.6) is 11.8 Å². The van der Waals surface area contributed by atoms with E-state index in [1.54, 1.807) is 24.4 Å². The van der Waals surface area contributed by atoms with E-state index in [2.05, 4.69) is 22.2 Å². The summed E-state index contributed by atoms with van der Waals surface area (Å²) in [6, 6.07) is 5.32. The summed E-state index contributed by atoms with van der Waals surface area (Å²) in [5.41, 5.74) is 1.93. The van der Waals surface area contributed by atoms with Crippen molar-refractivity contribution in [1.29, 1.82) is 0 Å². The maximum absolute atomic E-state index is 5.93. The van der Waals surface area contributed by atoms with E-state index in [-0.39, 0.29) is 0 Å².